The number of aliphatic carboxylic acids is 1. The number of aromatic nitrogens is 3. The lowest BCUT2D eigenvalue weighted by molar-refractivity contribution is -0.136. The highest BCUT2D eigenvalue weighted by molar-refractivity contribution is 5.74. The van der Waals surface area contributed by atoms with E-state index in [0.29, 0.717) is 24.4 Å². The molecule has 0 saturated carbocycles. The van der Waals surface area contributed by atoms with Crippen molar-refractivity contribution in [1.29, 1.82) is 5.26 Å². The molecule has 6 rings (SSSR count). The topological polar surface area (TPSA) is 123 Å². The zero-order valence-corrected chi connectivity index (χ0v) is 23.6. The normalized spacial score (nSPS) is 17.3. The maximum Gasteiger partial charge on any atom is 0.309 e. The molecule has 43 heavy (non-hydrogen) atoms. The van der Waals surface area contributed by atoms with Crippen molar-refractivity contribution >= 4 is 17.1 Å². The lowest BCUT2D eigenvalue weighted by Crippen LogP contribution is -2.39. The van der Waals surface area contributed by atoms with Crippen LogP contribution in [0.2, 0.25) is 0 Å². The van der Waals surface area contributed by atoms with E-state index < -0.39 is 11.8 Å². The molecule has 0 radical (unpaired) electrons. The Kier molecular flexibility index (Phi) is 8.49. The third-order valence-electron chi connectivity index (χ3n) is 7.80. The zero-order valence-electron chi connectivity index (χ0n) is 23.6. The monoisotopic (exact) mass is 585 g/mol. The molecule has 2 aromatic carbocycles. The van der Waals surface area contributed by atoms with Crippen LogP contribution in [-0.2, 0) is 35.6 Å². The van der Waals surface area contributed by atoms with Crippen molar-refractivity contribution in [3.8, 4) is 17.6 Å². The van der Waals surface area contributed by atoms with E-state index >= 15 is 0 Å². The summed E-state index contributed by atoms with van der Waals surface area (Å²) >= 11 is 0. The Bertz CT molecular complexity index is 1660. The first-order chi connectivity index (χ1) is 20.9. The van der Waals surface area contributed by atoms with Crippen LogP contribution in [-0.4, -0.2) is 62.4 Å². The molecule has 2 aromatic heterocycles. The number of carboxylic acids is 1. The number of imidazole rings is 1. The SMILES string of the molecule is N#Cc1ccc(OCc2cccc(OC3CCN(Cc4nc5ccc(CC(=O)O)nc5n4C[C@@H]4CCO4)CC3)c2)c(F)c1. The number of carboxylic acid groups (broad SMARTS) is 1. The molecule has 0 unspecified atom stereocenters. The van der Waals surface area contributed by atoms with E-state index in [1.165, 1.54) is 12.1 Å². The maximum absolute atomic E-state index is 14.2. The molecule has 2 aliphatic rings. The molecule has 10 nitrogen and oxygen atoms in total. The number of halogens is 1. The van der Waals surface area contributed by atoms with Crippen LogP contribution < -0.4 is 9.47 Å². The second kappa shape index (κ2) is 12.8. The summed E-state index contributed by atoms with van der Waals surface area (Å²) in [5.41, 5.74) is 3.07. The highest BCUT2D eigenvalue weighted by atomic mass is 19.1. The third-order valence-corrected chi connectivity index (χ3v) is 7.80. The van der Waals surface area contributed by atoms with E-state index in [4.69, 9.17) is 24.5 Å². The highest BCUT2D eigenvalue weighted by Crippen LogP contribution is 2.25. The van der Waals surface area contributed by atoms with Crippen LogP contribution in [0.15, 0.2) is 54.6 Å². The van der Waals surface area contributed by atoms with Crippen molar-refractivity contribution in [2.24, 2.45) is 0 Å². The van der Waals surface area contributed by atoms with Gasteiger partial charge in [-0.25, -0.2) is 14.4 Å². The number of pyridine rings is 1. The molecular weight excluding hydrogens is 553 g/mol. The van der Waals surface area contributed by atoms with E-state index in [1.807, 2.05) is 36.4 Å². The fourth-order valence-corrected chi connectivity index (χ4v) is 5.42. The Morgan fingerprint density at radius 3 is 2.67 bits per heavy atom. The number of nitrogens with zero attached hydrogens (tertiary/aromatic N) is 5. The minimum absolute atomic E-state index is 0.0609. The summed E-state index contributed by atoms with van der Waals surface area (Å²) in [7, 11) is 0. The van der Waals surface area contributed by atoms with Gasteiger partial charge in [0.2, 0.25) is 0 Å². The Morgan fingerprint density at radius 1 is 1.12 bits per heavy atom. The second-order valence-electron chi connectivity index (χ2n) is 10.9. The fraction of sp³-hybridized carbons (Fsp3) is 0.375. The van der Waals surface area contributed by atoms with Crippen molar-refractivity contribution in [2.75, 3.05) is 19.7 Å². The molecule has 0 aliphatic carbocycles. The number of rotatable bonds is 11. The summed E-state index contributed by atoms with van der Waals surface area (Å²) in [4.78, 5) is 23.1. The highest BCUT2D eigenvalue weighted by Gasteiger charge is 2.26. The van der Waals surface area contributed by atoms with Gasteiger partial charge in [0.1, 0.15) is 29.8 Å². The summed E-state index contributed by atoms with van der Waals surface area (Å²) in [6, 6.07) is 17.3. The Balaban J connectivity index is 1.06. The van der Waals surface area contributed by atoms with E-state index in [2.05, 4.69) is 14.5 Å². The van der Waals surface area contributed by atoms with Crippen molar-refractivity contribution < 1.29 is 28.5 Å². The van der Waals surface area contributed by atoms with Crippen molar-refractivity contribution in [3.05, 3.63) is 83.1 Å². The maximum atomic E-state index is 14.2. The molecule has 2 aliphatic heterocycles. The van der Waals surface area contributed by atoms with Gasteiger partial charge in [-0.05, 0) is 67.3 Å². The van der Waals surface area contributed by atoms with Crippen LogP contribution in [0.25, 0.3) is 11.2 Å². The smallest absolute Gasteiger partial charge is 0.309 e. The molecule has 1 atom stereocenters. The minimum atomic E-state index is -0.913. The predicted octanol–water partition coefficient (Wildman–Crippen LogP) is 4.48. The molecule has 11 heteroatoms. The van der Waals surface area contributed by atoms with Crippen LogP contribution in [0.5, 0.6) is 11.5 Å². The van der Waals surface area contributed by atoms with E-state index in [0.717, 1.165) is 67.7 Å². The van der Waals surface area contributed by atoms with Crippen molar-refractivity contribution in [1.82, 2.24) is 19.4 Å². The Morgan fingerprint density at radius 2 is 1.95 bits per heavy atom. The first kappa shape index (κ1) is 28.6. The lowest BCUT2D eigenvalue weighted by atomic mass is 10.1. The van der Waals surface area contributed by atoms with E-state index in [1.54, 1.807) is 6.07 Å². The van der Waals surface area contributed by atoms with Gasteiger partial charge in [-0.15, -0.1) is 0 Å². The van der Waals surface area contributed by atoms with Gasteiger partial charge in [-0.1, -0.05) is 12.1 Å². The van der Waals surface area contributed by atoms with E-state index in [9.17, 15) is 14.3 Å². The summed E-state index contributed by atoms with van der Waals surface area (Å²) < 4.78 is 33.9. The van der Waals surface area contributed by atoms with Crippen molar-refractivity contribution in [2.45, 2.75) is 57.6 Å². The molecule has 4 aromatic rings. The number of piperidine rings is 1. The number of nitriles is 1. The van der Waals surface area contributed by atoms with Gasteiger partial charge in [-0.3, -0.25) is 9.69 Å². The van der Waals surface area contributed by atoms with Crippen LogP contribution in [0.1, 0.15) is 41.9 Å². The molecule has 2 saturated heterocycles. The largest absolute Gasteiger partial charge is 0.490 e. The second-order valence-corrected chi connectivity index (χ2v) is 10.9. The number of likely N-dealkylation sites (tertiary alicyclic amines) is 1. The summed E-state index contributed by atoms with van der Waals surface area (Å²) in [5.74, 6) is 0.262. The zero-order chi connectivity index (χ0) is 29.8. The van der Waals surface area contributed by atoms with Gasteiger partial charge in [0.25, 0.3) is 0 Å². The quantitative estimate of drug-likeness (QED) is 0.271. The molecule has 222 valence electrons. The van der Waals surface area contributed by atoms with Gasteiger partial charge >= 0.3 is 5.97 Å². The number of hydrogen-bond donors (Lipinski definition) is 1. The molecular formula is C32H32FN5O5. The molecule has 0 spiro atoms. The molecule has 2 fully saturated rings. The van der Waals surface area contributed by atoms with Gasteiger partial charge in [0.05, 0.1) is 42.9 Å². The number of benzene rings is 2. The summed E-state index contributed by atoms with van der Waals surface area (Å²) in [6.45, 7) is 3.91. The average Bonchev–Trinajstić information content (AvgIpc) is 3.31. The van der Waals surface area contributed by atoms with Gasteiger partial charge in [0.15, 0.2) is 17.2 Å². The van der Waals surface area contributed by atoms with Crippen LogP contribution in [0.3, 0.4) is 0 Å². The van der Waals surface area contributed by atoms with Crippen molar-refractivity contribution in [3.63, 3.8) is 0 Å². The number of ether oxygens (including phenoxy) is 3. The standard InChI is InChI=1S/C32H32FN5O5/c33-27-15-21(17-34)4-7-29(27)42-20-22-2-1-3-25(14-22)43-24-8-11-37(12-9-24)19-30-36-28-6-5-23(16-31(39)40)35-32(28)38(30)18-26-10-13-41-26/h1-7,14-15,24,26H,8-13,16,18-20H2,(H,39,40)/t26-/m0/s1. The van der Waals surface area contributed by atoms with Gasteiger partial charge in [-0.2, -0.15) is 5.26 Å². The molecule has 0 amide bonds. The minimum Gasteiger partial charge on any atom is -0.490 e. The molecule has 1 N–H and O–H groups in total. The van der Waals surface area contributed by atoms with E-state index in [-0.39, 0.29) is 36.5 Å². The Labute approximate surface area is 248 Å². The van der Waals surface area contributed by atoms with Crippen LogP contribution in [0.4, 0.5) is 4.39 Å². The number of carbonyl (C=O) groups is 1. The van der Waals surface area contributed by atoms with Crippen LogP contribution >= 0.6 is 0 Å². The van der Waals surface area contributed by atoms with Gasteiger partial charge in [0, 0.05) is 19.7 Å². The van der Waals surface area contributed by atoms with Crippen LogP contribution in [0, 0.1) is 17.1 Å². The summed E-state index contributed by atoms with van der Waals surface area (Å²) in [6.07, 6.45) is 2.73. The molecule has 0 bridgehead atoms. The Hall–Kier alpha value is -4.53. The third kappa shape index (κ3) is 6.93. The molecule has 4 heterocycles. The number of fused-ring (bicyclic) bond motifs is 1. The average molecular weight is 586 g/mol. The fourth-order valence-electron chi connectivity index (χ4n) is 5.42. The first-order valence-corrected chi connectivity index (χ1v) is 14.4. The number of hydrogen-bond acceptors (Lipinski definition) is 8. The first-order valence-electron chi connectivity index (χ1n) is 14.4. The predicted molar refractivity (Wildman–Crippen MR) is 154 cm³/mol. The summed E-state index contributed by atoms with van der Waals surface area (Å²) in [5, 5.41) is 18.1. The van der Waals surface area contributed by atoms with Gasteiger partial charge < -0.3 is 23.9 Å². The lowest BCUT2D eigenvalue weighted by Gasteiger charge is -2.32.